The van der Waals surface area contributed by atoms with Crippen molar-refractivity contribution >= 4 is 58.3 Å². The molecule has 12 nitrogen and oxygen atoms in total. The Balaban J connectivity index is 1.94. The number of hydrogen-bond acceptors (Lipinski definition) is 12. The molecule has 0 unspecified atom stereocenters. The second-order valence-electron chi connectivity index (χ2n) is 18.1. The van der Waals surface area contributed by atoms with Gasteiger partial charge in [-0.25, -0.2) is 9.97 Å². The molecule has 1 heterocycles. The van der Waals surface area contributed by atoms with Gasteiger partial charge in [-0.1, -0.05) is 78.6 Å². The molecule has 0 amide bonds. The standard InChI is InChI=1S/C48H70N8O4S2/c1-47(2,3)35-21-31(25-37(57)13-9-7-11-15-43(51)52)45(61-19-17-49)33(23-35)27-41(59)39-29-40(56-30-55-39)42(60)28-34-24-36(48(4,5)6)22-32(46(34)62-20-18-50)26-38(58)14-10-8-12-16-44(53)54/h21-24,29-30H,7-20,25-28,49-50H2,1-6H3,(H3,51,52)(H3,53,54). The Labute approximate surface area is 377 Å². The molecule has 0 saturated heterocycles. The highest BCUT2D eigenvalue weighted by atomic mass is 32.2. The molecule has 0 atom stereocenters. The van der Waals surface area contributed by atoms with Gasteiger partial charge in [-0.15, -0.1) is 23.5 Å². The molecular formula is C48H70N8O4S2. The first-order valence-electron chi connectivity index (χ1n) is 21.8. The van der Waals surface area contributed by atoms with Gasteiger partial charge in [0.2, 0.25) is 0 Å². The van der Waals surface area contributed by atoms with Crippen molar-refractivity contribution in [3.8, 4) is 0 Å². The van der Waals surface area contributed by atoms with Crippen molar-refractivity contribution in [1.82, 2.24) is 9.97 Å². The third kappa shape index (κ3) is 17.5. The van der Waals surface area contributed by atoms with E-state index in [-0.39, 0.29) is 82.7 Å². The summed E-state index contributed by atoms with van der Waals surface area (Å²) in [6, 6.07) is 9.71. The number of carbonyl (C=O) groups is 4. The topological polar surface area (TPSA) is 246 Å². The van der Waals surface area contributed by atoms with Crippen LogP contribution in [0.15, 0.2) is 46.5 Å². The molecule has 0 aliphatic rings. The van der Waals surface area contributed by atoms with E-state index in [1.807, 2.05) is 12.1 Å². The third-order valence-electron chi connectivity index (χ3n) is 10.5. The number of nitrogens with two attached hydrogens (primary N) is 4. The van der Waals surface area contributed by atoms with Gasteiger partial charge < -0.3 is 22.9 Å². The summed E-state index contributed by atoms with van der Waals surface area (Å²) in [4.78, 5) is 65.3. The lowest BCUT2D eigenvalue weighted by molar-refractivity contribution is -0.119. The summed E-state index contributed by atoms with van der Waals surface area (Å²) < 4.78 is 0. The molecule has 0 spiro atoms. The molecule has 0 radical (unpaired) electrons. The van der Waals surface area contributed by atoms with E-state index in [0.717, 1.165) is 81.7 Å². The summed E-state index contributed by atoms with van der Waals surface area (Å²) in [5.74, 6) is 1.19. The predicted molar refractivity (Wildman–Crippen MR) is 255 cm³/mol. The van der Waals surface area contributed by atoms with Crippen LogP contribution in [0.4, 0.5) is 0 Å². The number of benzene rings is 2. The summed E-state index contributed by atoms with van der Waals surface area (Å²) in [5.41, 5.74) is 27.9. The summed E-state index contributed by atoms with van der Waals surface area (Å²) in [7, 11) is 0. The lowest BCUT2D eigenvalue weighted by Gasteiger charge is -2.24. The number of Topliss-reactive ketones (excluding diaryl/α,β-unsaturated/α-hetero) is 4. The first-order valence-corrected chi connectivity index (χ1v) is 23.8. The zero-order valence-corrected chi connectivity index (χ0v) is 39.5. The van der Waals surface area contributed by atoms with Crippen LogP contribution in [0, 0.1) is 10.8 Å². The van der Waals surface area contributed by atoms with E-state index in [0.29, 0.717) is 50.3 Å². The Bertz CT molecular complexity index is 1910. The first kappa shape index (κ1) is 52.1. The molecule has 0 aliphatic carbocycles. The van der Waals surface area contributed by atoms with Crippen molar-refractivity contribution in [1.29, 1.82) is 10.8 Å². The normalized spacial score (nSPS) is 11.7. The van der Waals surface area contributed by atoms with Gasteiger partial charge in [0.15, 0.2) is 11.6 Å². The molecule has 1 aromatic heterocycles. The molecule has 0 aliphatic heterocycles. The quantitative estimate of drug-likeness (QED) is 0.0133. The molecule has 3 aromatic rings. The Morgan fingerprint density at radius 1 is 0.532 bits per heavy atom. The maximum Gasteiger partial charge on any atom is 0.185 e. The third-order valence-corrected chi connectivity index (χ3v) is 13.0. The molecule has 10 N–H and O–H groups in total. The Morgan fingerprint density at radius 3 is 1.19 bits per heavy atom. The van der Waals surface area contributed by atoms with E-state index < -0.39 is 0 Å². The number of thioether (sulfide) groups is 2. The average molecular weight is 887 g/mol. The molecule has 338 valence electrons. The first-order chi connectivity index (χ1) is 29.2. The number of unbranched alkanes of at least 4 members (excludes halogenated alkanes) is 4. The molecule has 62 heavy (non-hydrogen) atoms. The van der Waals surface area contributed by atoms with Crippen molar-refractivity contribution in [2.75, 3.05) is 24.6 Å². The zero-order valence-electron chi connectivity index (χ0n) is 37.8. The minimum Gasteiger partial charge on any atom is -0.388 e. The number of amidine groups is 2. The number of hydrogen-bond donors (Lipinski definition) is 6. The SMILES string of the molecule is CC(C)(C)c1cc(CC(=O)CCCCCC(=N)N)c(SCCN)c(CC(=O)c2cc(C(=O)Cc3cc(C(C)(C)C)cc(CC(=O)CCCCCC(=N)N)c3SCCN)ncn2)c1. The van der Waals surface area contributed by atoms with Crippen molar-refractivity contribution in [3.05, 3.63) is 81.4 Å². The lowest BCUT2D eigenvalue weighted by atomic mass is 9.83. The van der Waals surface area contributed by atoms with Crippen LogP contribution in [0.2, 0.25) is 0 Å². The van der Waals surface area contributed by atoms with Gasteiger partial charge in [-0.2, -0.15) is 0 Å². The van der Waals surface area contributed by atoms with Gasteiger partial charge in [0.1, 0.15) is 29.3 Å². The van der Waals surface area contributed by atoms with E-state index in [1.54, 1.807) is 23.5 Å². The van der Waals surface area contributed by atoms with E-state index in [9.17, 15) is 19.2 Å². The molecule has 0 saturated carbocycles. The number of ketones is 4. The number of rotatable bonds is 28. The number of aromatic nitrogens is 2. The molecule has 14 heteroatoms. The van der Waals surface area contributed by atoms with Crippen LogP contribution < -0.4 is 22.9 Å². The molecular weight excluding hydrogens is 817 g/mol. The smallest absolute Gasteiger partial charge is 0.185 e. The highest BCUT2D eigenvalue weighted by Crippen LogP contribution is 2.36. The minimum atomic E-state index is -0.277. The fraction of sp³-hybridized carbons (Fsp3) is 0.542. The van der Waals surface area contributed by atoms with Crippen LogP contribution in [0.1, 0.15) is 160 Å². The monoisotopic (exact) mass is 886 g/mol. The van der Waals surface area contributed by atoms with Gasteiger partial charge in [-0.05, 0) is 76.0 Å². The summed E-state index contributed by atoms with van der Waals surface area (Å²) in [5, 5.41) is 14.9. The van der Waals surface area contributed by atoms with Crippen LogP contribution in [-0.2, 0) is 46.1 Å². The zero-order chi connectivity index (χ0) is 46.0. The maximum atomic E-state index is 14.1. The summed E-state index contributed by atoms with van der Waals surface area (Å²) in [6.45, 7) is 13.4. The van der Waals surface area contributed by atoms with Gasteiger partial charge in [0.25, 0.3) is 0 Å². The van der Waals surface area contributed by atoms with Crippen LogP contribution in [0.5, 0.6) is 0 Å². The van der Waals surface area contributed by atoms with Crippen molar-refractivity contribution in [2.45, 2.75) is 152 Å². The molecule has 0 bridgehead atoms. The van der Waals surface area contributed by atoms with Crippen LogP contribution in [-0.4, -0.2) is 69.4 Å². The van der Waals surface area contributed by atoms with Crippen LogP contribution >= 0.6 is 23.5 Å². The molecule has 0 fully saturated rings. The predicted octanol–water partition coefficient (Wildman–Crippen LogP) is 8.02. The van der Waals surface area contributed by atoms with E-state index in [4.69, 9.17) is 33.8 Å². The van der Waals surface area contributed by atoms with Gasteiger partial charge in [-0.3, -0.25) is 30.0 Å². The average Bonchev–Trinajstić information content (AvgIpc) is 3.18. The van der Waals surface area contributed by atoms with Crippen molar-refractivity contribution < 1.29 is 19.2 Å². The van der Waals surface area contributed by atoms with Gasteiger partial charge >= 0.3 is 0 Å². The minimum absolute atomic E-state index is 0.00925. The number of nitrogens with zero attached hydrogens (tertiary/aromatic N) is 2. The number of carbonyl (C=O) groups excluding carboxylic acids is 4. The second kappa shape index (κ2) is 25.2. The fourth-order valence-electron chi connectivity index (χ4n) is 7.01. The van der Waals surface area contributed by atoms with Crippen LogP contribution in [0.3, 0.4) is 0 Å². The highest BCUT2D eigenvalue weighted by molar-refractivity contribution is 7.99. The largest absolute Gasteiger partial charge is 0.388 e. The second-order valence-corrected chi connectivity index (χ2v) is 20.3. The summed E-state index contributed by atoms with van der Waals surface area (Å²) in [6.07, 6.45) is 8.25. The Morgan fingerprint density at radius 2 is 0.871 bits per heavy atom. The van der Waals surface area contributed by atoms with E-state index in [1.165, 1.54) is 12.4 Å². The Hall–Kier alpha value is -4.24. The van der Waals surface area contributed by atoms with Crippen LogP contribution in [0.25, 0.3) is 0 Å². The summed E-state index contributed by atoms with van der Waals surface area (Å²) >= 11 is 3.08. The molecule has 2 aromatic carbocycles. The van der Waals surface area contributed by atoms with Gasteiger partial charge in [0, 0.05) is 85.8 Å². The van der Waals surface area contributed by atoms with Gasteiger partial charge in [0.05, 0.1) is 11.7 Å². The van der Waals surface area contributed by atoms with Crippen molar-refractivity contribution in [2.24, 2.45) is 22.9 Å². The van der Waals surface area contributed by atoms with E-state index >= 15 is 0 Å². The molecule has 3 rings (SSSR count). The van der Waals surface area contributed by atoms with E-state index in [2.05, 4.69) is 63.6 Å². The highest BCUT2D eigenvalue weighted by Gasteiger charge is 2.25. The Kier molecular flexibility index (Phi) is 21.1. The number of nitrogens with one attached hydrogen (secondary N) is 2. The van der Waals surface area contributed by atoms with Crippen molar-refractivity contribution in [3.63, 3.8) is 0 Å². The maximum absolute atomic E-state index is 14.1. The fourth-order valence-corrected chi connectivity index (χ4v) is 8.92. The lowest BCUT2D eigenvalue weighted by Crippen LogP contribution is -2.17.